The molecule has 0 aromatic carbocycles. The summed E-state index contributed by atoms with van der Waals surface area (Å²) in [7, 11) is 0. The first kappa shape index (κ1) is 19.9. The zero-order valence-electron chi connectivity index (χ0n) is 17.2. The second-order valence-electron chi connectivity index (χ2n) is 9.62. The van der Waals surface area contributed by atoms with Gasteiger partial charge in [0.1, 0.15) is 0 Å². The van der Waals surface area contributed by atoms with E-state index in [2.05, 4.69) is 26.0 Å². The van der Waals surface area contributed by atoms with Crippen molar-refractivity contribution in [3.8, 4) is 0 Å². The van der Waals surface area contributed by atoms with E-state index < -0.39 is 5.97 Å². The number of aliphatic carboxylic acids is 1. The number of rotatable bonds is 5. The quantitative estimate of drug-likeness (QED) is 0.675. The Kier molecular flexibility index (Phi) is 5.30. The number of fused-ring (bicyclic) bond motifs is 5. The highest BCUT2D eigenvalue weighted by atomic mass is 16.5. The molecule has 28 heavy (non-hydrogen) atoms. The molecule has 2 saturated carbocycles. The summed E-state index contributed by atoms with van der Waals surface area (Å²) >= 11 is 0. The lowest BCUT2D eigenvalue weighted by molar-refractivity contribution is -0.136. The van der Waals surface area contributed by atoms with Gasteiger partial charge in [0, 0.05) is 5.41 Å². The van der Waals surface area contributed by atoms with Crippen molar-refractivity contribution < 1.29 is 19.7 Å². The number of carbonyl (C=O) groups is 1. The molecule has 0 amide bonds. The van der Waals surface area contributed by atoms with Gasteiger partial charge in [-0.2, -0.15) is 0 Å². The van der Waals surface area contributed by atoms with Crippen LogP contribution in [0, 0.1) is 22.7 Å². The zero-order chi connectivity index (χ0) is 19.9. The minimum absolute atomic E-state index is 0.0953. The maximum Gasteiger partial charge on any atom is 0.307 e. The molecular formula is C24H34O4. The fourth-order valence-electron chi connectivity index (χ4n) is 6.69. The lowest BCUT2D eigenvalue weighted by atomic mass is 9.52. The molecule has 4 aliphatic carbocycles. The molecule has 4 aliphatic rings. The lowest BCUT2D eigenvalue weighted by Crippen LogP contribution is -2.43. The summed E-state index contributed by atoms with van der Waals surface area (Å²) in [6, 6.07) is 0. The van der Waals surface area contributed by atoms with Crippen molar-refractivity contribution >= 4 is 5.97 Å². The Morgan fingerprint density at radius 3 is 2.89 bits per heavy atom. The van der Waals surface area contributed by atoms with Crippen LogP contribution in [0.4, 0.5) is 0 Å². The van der Waals surface area contributed by atoms with Gasteiger partial charge in [-0.05, 0) is 62.2 Å². The number of ether oxygens (including phenoxy) is 1. The minimum Gasteiger partial charge on any atom is -0.481 e. The van der Waals surface area contributed by atoms with Crippen LogP contribution in [0.1, 0.15) is 65.2 Å². The molecule has 0 heterocycles. The molecule has 4 rings (SSSR count). The van der Waals surface area contributed by atoms with E-state index in [1.807, 2.05) is 6.08 Å². The third-order valence-electron chi connectivity index (χ3n) is 8.25. The van der Waals surface area contributed by atoms with Gasteiger partial charge in [0.15, 0.2) is 0 Å². The molecule has 0 aromatic heterocycles. The van der Waals surface area contributed by atoms with Crippen LogP contribution >= 0.6 is 0 Å². The summed E-state index contributed by atoms with van der Waals surface area (Å²) in [6.45, 7) is 5.33. The smallest absolute Gasteiger partial charge is 0.307 e. The molecule has 154 valence electrons. The SMILES string of the molecule is C[C@]12CCC(OCCO)CC1=CC[C@@H]1C2=CC[C@]2(C)C(=CCC(=O)O)CC[C@@H]12. The normalized spacial score (nSPS) is 41.0. The molecule has 5 atom stereocenters. The summed E-state index contributed by atoms with van der Waals surface area (Å²) in [5.74, 6) is 0.494. The van der Waals surface area contributed by atoms with Crippen molar-refractivity contribution in [1.29, 1.82) is 0 Å². The van der Waals surface area contributed by atoms with Crippen LogP contribution < -0.4 is 0 Å². The third kappa shape index (κ3) is 3.19. The first-order chi connectivity index (χ1) is 13.4. The highest BCUT2D eigenvalue weighted by Crippen LogP contribution is 2.64. The summed E-state index contributed by atoms with van der Waals surface area (Å²) in [5, 5.41) is 18.1. The summed E-state index contributed by atoms with van der Waals surface area (Å²) in [4.78, 5) is 11.1. The van der Waals surface area contributed by atoms with Gasteiger partial charge in [-0.3, -0.25) is 4.79 Å². The van der Waals surface area contributed by atoms with Gasteiger partial charge >= 0.3 is 5.97 Å². The molecule has 0 aliphatic heterocycles. The second-order valence-corrected chi connectivity index (χ2v) is 9.62. The third-order valence-corrected chi connectivity index (χ3v) is 8.25. The largest absolute Gasteiger partial charge is 0.481 e. The predicted molar refractivity (Wildman–Crippen MR) is 109 cm³/mol. The summed E-state index contributed by atoms with van der Waals surface area (Å²) < 4.78 is 5.84. The van der Waals surface area contributed by atoms with Crippen molar-refractivity contribution in [2.75, 3.05) is 13.2 Å². The number of carboxylic acid groups (broad SMARTS) is 1. The Bertz CT molecular complexity index is 733. The molecule has 0 aromatic rings. The fourth-order valence-corrected chi connectivity index (χ4v) is 6.69. The van der Waals surface area contributed by atoms with E-state index in [9.17, 15) is 4.79 Å². The molecule has 2 N–H and O–H groups in total. The Balaban J connectivity index is 1.57. The molecule has 0 spiro atoms. The average molecular weight is 387 g/mol. The van der Waals surface area contributed by atoms with Gasteiger partial charge in [0.05, 0.1) is 25.7 Å². The Labute approximate surface area is 168 Å². The Morgan fingerprint density at radius 2 is 2.14 bits per heavy atom. The van der Waals surface area contributed by atoms with E-state index in [1.54, 1.807) is 5.57 Å². The van der Waals surface area contributed by atoms with E-state index in [1.165, 1.54) is 17.6 Å². The van der Waals surface area contributed by atoms with Crippen molar-refractivity contribution in [1.82, 2.24) is 0 Å². The first-order valence-corrected chi connectivity index (χ1v) is 10.9. The first-order valence-electron chi connectivity index (χ1n) is 10.9. The number of allylic oxidation sites excluding steroid dienone is 4. The van der Waals surface area contributed by atoms with Gasteiger partial charge in [0.25, 0.3) is 0 Å². The summed E-state index contributed by atoms with van der Waals surface area (Å²) in [6.07, 6.45) is 15.0. The molecule has 2 fully saturated rings. The molecule has 0 bridgehead atoms. The number of carboxylic acids is 1. The Morgan fingerprint density at radius 1 is 1.32 bits per heavy atom. The fraction of sp³-hybridized carbons (Fsp3) is 0.708. The topological polar surface area (TPSA) is 66.8 Å². The molecular weight excluding hydrogens is 352 g/mol. The molecule has 0 radical (unpaired) electrons. The highest BCUT2D eigenvalue weighted by Gasteiger charge is 2.53. The van der Waals surface area contributed by atoms with Gasteiger partial charge < -0.3 is 14.9 Å². The van der Waals surface area contributed by atoms with Crippen LogP contribution in [-0.4, -0.2) is 35.5 Å². The van der Waals surface area contributed by atoms with Gasteiger partial charge in [-0.25, -0.2) is 0 Å². The molecule has 4 heteroatoms. The second kappa shape index (κ2) is 7.46. The van der Waals surface area contributed by atoms with Crippen LogP contribution in [0.2, 0.25) is 0 Å². The van der Waals surface area contributed by atoms with E-state index in [4.69, 9.17) is 14.9 Å². The molecule has 0 saturated heterocycles. The Hall–Kier alpha value is -1.39. The van der Waals surface area contributed by atoms with Crippen molar-refractivity contribution in [2.24, 2.45) is 22.7 Å². The van der Waals surface area contributed by atoms with Crippen molar-refractivity contribution in [3.63, 3.8) is 0 Å². The van der Waals surface area contributed by atoms with E-state index in [0.717, 1.165) is 38.5 Å². The van der Waals surface area contributed by atoms with Crippen molar-refractivity contribution in [2.45, 2.75) is 71.3 Å². The maximum absolute atomic E-state index is 11.1. The predicted octanol–water partition coefficient (Wildman–Crippen LogP) is 4.65. The number of aliphatic hydroxyl groups is 1. The van der Waals surface area contributed by atoms with Crippen LogP contribution in [0.15, 0.2) is 34.9 Å². The minimum atomic E-state index is -0.732. The summed E-state index contributed by atoms with van der Waals surface area (Å²) in [5.41, 5.74) is 4.85. The van der Waals surface area contributed by atoms with Gasteiger partial charge in [-0.1, -0.05) is 48.8 Å². The zero-order valence-corrected chi connectivity index (χ0v) is 17.2. The molecule has 1 unspecified atom stereocenters. The average Bonchev–Trinajstić information content (AvgIpc) is 3.01. The monoisotopic (exact) mass is 386 g/mol. The standard InChI is InChI=1S/C24H34O4/c1-23-12-10-21-19(20(23)7-4-16(23)5-8-22(26)27)6-3-17-15-18(28-14-13-25)9-11-24(17,21)2/h3,5,10,18-20,25H,4,6-9,11-15H2,1-2H3,(H,26,27)/t18?,19-,20-,23+,24-/m0/s1. The molecule has 4 nitrogen and oxygen atoms in total. The maximum atomic E-state index is 11.1. The van der Waals surface area contributed by atoms with Crippen LogP contribution in [-0.2, 0) is 9.53 Å². The highest BCUT2D eigenvalue weighted by molar-refractivity contribution is 5.68. The number of hydrogen-bond acceptors (Lipinski definition) is 3. The number of hydrogen-bond donors (Lipinski definition) is 2. The van der Waals surface area contributed by atoms with Gasteiger partial charge in [0.2, 0.25) is 0 Å². The van der Waals surface area contributed by atoms with Crippen LogP contribution in [0.3, 0.4) is 0 Å². The van der Waals surface area contributed by atoms with Crippen LogP contribution in [0.25, 0.3) is 0 Å². The van der Waals surface area contributed by atoms with Gasteiger partial charge in [-0.15, -0.1) is 0 Å². The van der Waals surface area contributed by atoms with Crippen molar-refractivity contribution in [3.05, 3.63) is 34.9 Å². The number of aliphatic hydroxyl groups excluding tert-OH is 1. The van der Waals surface area contributed by atoms with E-state index in [-0.39, 0.29) is 30.0 Å². The van der Waals surface area contributed by atoms with E-state index in [0.29, 0.717) is 18.4 Å². The lowest BCUT2D eigenvalue weighted by Gasteiger charge is -2.53. The van der Waals surface area contributed by atoms with Crippen LogP contribution in [0.5, 0.6) is 0 Å². The van der Waals surface area contributed by atoms with E-state index >= 15 is 0 Å².